The number of fused-ring (bicyclic) bond motifs is 1. The number of aryl methyl sites for hydroxylation is 1. The van der Waals surface area contributed by atoms with Gasteiger partial charge >= 0.3 is 0 Å². The summed E-state index contributed by atoms with van der Waals surface area (Å²) in [6, 6.07) is 4.58. The zero-order valence-electron chi connectivity index (χ0n) is 10.5. The lowest BCUT2D eigenvalue weighted by Crippen LogP contribution is -2.23. The topological polar surface area (TPSA) is 55.1 Å². The van der Waals surface area contributed by atoms with Crippen LogP contribution in [0, 0.1) is 0 Å². The van der Waals surface area contributed by atoms with E-state index in [1.165, 1.54) is 29.7 Å². The van der Waals surface area contributed by atoms with Crippen LogP contribution < -0.4 is 11.1 Å². The van der Waals surface area contributed by atoms with Gasteiger partial charge in [0.1, 0.15) is 0 Å². The van der Waals surface area contributed by atoms with Gasteiger partial charge in [-0.3, -0.25) is 4.79 Å². The number of carbonyl (C=O) groups is 1. The number of nitrogens with one attached hydrogen (secondary N) is 1. The van der Waals surface area contributed by atoms with Crippen molar-refractivity contribution in [3.05, 3.63) is 43.8 Å². The second-order valence-corrected chi connectivity index (χ2v) is 6.79. The Kier molecular flexibility index (Phi) is 3.68. The maximum Gasteiger partial charge on any atom is 0.249 e. The van der Waals surface area contributed by atoms with Crippen LogP contribution in [0.25, 0.3) is 0 Å². The summed E-state index contributed by atoms with van der Waals surface area (Å²) in [4.78, 5) is 13.7. The number of primary amides is 1. The molecule has 3 rings (SSSR count). The van der Waals surface area contributed by atoms with Crippen LogP contribution in [0.3, 0.4) is 0 Å². The molecule has 0 aromatic carbocycles. The van der Waals surface area contributed by atoms with Crippen molar-refractivity contribution in [2.24, 2.45) is 5.73 Å². The maximum atomic E-state index is 11.1. The second kappa shape index (κ2) is 5.45. The number of hydrogen-bond donors (Lipinski definition) is 2. The third-order valence-electron chi connectivity index (χ3n) is 3.51. The number of carbonyl (C=O) groups excluding carboxylic acids is 1. The molecule has 0 spiro atoms. The number of thiophene rings is 2. The van der Waals surface area contributed by atoms with Crippen molar-refractivity contribution in [2.75, 3.05) is 0 Å². The summed E-state index contributed by atoms with van der Waals surface area (Å²) in [6.45, 7) is 0.803. The predicted octanol–water partition coefficient (Wildman–Crippen LogP) is 3.08. The molecule has 100 valence electrons. The monoisotopic (exact) mass is 292 g/mol. The summed E-state index contributed by atoms with van der Waals surface area (Å²) >= 11 is 3.45. The summed E-state index contributed by atoms with van der Waals surface area (Å²) < 4.78 is 0. The van der Waals surface area contributed by atoms with E-state index in [2.05, 4.69) is 16.8 Å². The van der Waals surface area contributed by atoms with Gasteiger partial charge in [-0.25, -0.2) is 0 Å². The van der Waals surface area contributed by atoms with Crippen LogP contribution in [0.15, 0.2) is 22.9 Å². The Balaban J connectivity index is 1.65. The van der Waals surface area contributed by atoms with Crippen LogP contribution in [0.1, 0.15) is 44.6 Å². The van der Waals surface area contributed by atoms with Gasteiger partial charge in [-0.05, 0) is 42.3 Å². The fourth-order valence-corrected chi connectivity index (χ4v) is 4.34. The van der Waals surface area contributed by atoms with Crippen molar-refractivity contribution in [2.45, 2.75) is 31.8 Å². The minimum Gasteiger partial charge on any atom is -0.366 e. The van der Waals surface area contributed by atoms with Gasteiger partial charge in [0.25, 0.3) is 0 Å². The Hall–Kier alpha value is -1.17. The standard InChI is InChI=1S/C14H16N2OS2/c15-14(17)9-6-10(19-8-9)7-16-12-2-1-3-13-11(12)4-5-18-13/h4-6,8,12,16H,1-3,7H2,(H2,15,17). The van der Waals surface area contributed by atoms with E-state index in [4.69, 9.17) is 5.73 Å². The molecule has 3 nitrogen and oxygen atoms in total. The highest BCUT2D eigenvalue weighted by Gasteiger charge is 2.20. The first kappa shape index (κ1) is 12.8. The molecule has 0 bridgehead atoms. The van der Waals surface area contributed by atoms with Crippen LogP contribution >= 0.6 is 22.7 Å². The molecule has 1 aliphatic rings. The second-order valence-electron chi connectivity index (χ2n) is 4.79. The molecule has 0 saturated carbocycles. The third-order valence-corrected chi connectivity index (χ3v) is 5.45. The molecule has 2 aromatic heterocycles. The van der Waals surface area contributed by atoms with Gasteiger partial charge < -0.3 is 11.1 Å². The van der Waals surface area contributed by atoms with Crippen LogP contribution in [0.5, 0.6) is 0 Å². The van der Waals surface area contributed by atoms with E-state index in [0.717, 1.165) is 11.4 Å². The Morgan fingerprint density at radius 1 is 1.47 bits per heavy atom. The fourth-order valence-electron chi connectivity index (χ4n) is 2.52. The van der Waals surface area contributed by atoms with Crippen molar-refractivity contribution in [3.63, 3.8) is 0 Å². The summed E-state index contributed by atoms with van der Waals surface area (Å²) in [7, 11) is 0. The van der Waals surface area contributed by atoms with Crippen molar-refractivity contribution in [1.82, 2.24) is 5.32 Å². The van der Waals surface area contributed by atoms with Crippen molar-refractivity contribution >= 4 is 28.6 Å². The molecule has 0 radical (unpaired) electrons. The molecule has 2 aromatic rings. The number of hydrogen-bond acceptors (Lipinski definition) is 4. The lowest BCUT2D eigenvalue weighted by atomic mass is 9.94. The molecular weight excluding hydrogens is 276 g/mol. The molecule has 2 heterocycles. The first-order valence-corrected chi connectivity index (χ1v) is 8.17. The molecule has 5 heteroatoms. The average molecular weight is 292 g/mol. The number of rotatable bonds is 4. The minimum atomic E-state index is -0.347. The van der Waals surface area contributed by atoms with Crippen LogP contribution in [0.4, 0.5) is 0 Å². The fraction of sp³-hybridized carbons (Fsp3) is 0.357. The molecule has 1 aliphatic carbocycles. The van der Waals surface area contributed by atoms with Gasteiger partial charge in [0.05, 0.1) is 5.56 Å². The van der Waals surface area contributed by atoms with E-state index in [1.54, 1.807) is 11.3 Å². The van der Waals surface area contributed by atoms with E-state index in [9.17, 15) is 4.79 Å². The van der Waals surface area contributed by atoms with E-state index in [0.29, 0.717) is 11.6 Å². The SMILES string of the molecule is NC(=O)c1csc(CNC2CCCc3sccc32)c1. The Bertz CT molecular complexity index is 588. The average Bonchev–Trinajstić information content (AvgIpc) is 3.05. The largest absolute Gasteiger partial charge is 0.366 e. The van der Waals surface area contributed by atoms with E-state index >= 15 is 0 Å². The molecule has 1 unspecified atom stereocenters. The lowest BCUT2D eigenvalue weighted by Gasteiger charge is -2.23. The Morgan fingerprint density at radius 3 is 3.16 bits per heavy atom. The highest BCUT2D eigenvalue weighted by Crippen LogP contribution is 2.33. The molecule has 1 amide bonds. The molecule has 0 aliphatic heterocycles. The van der Waals surface area contributed by atoms with Gasteiger partial charge in [0, 0.05) is 27.7 Å². The zero-order chi connectivity index (χ0) is 13.2. The first-order chi connectivity index (χ1) is 9.24. The third kappa shape index (κ3) is 2.73. The lowest BCUT2D eigenvalue weighted by molar-refractivity contribution is 0.100. The summed E-state index contributed by atoms with van der Waals surface area (Å²) in [5, 5.41) is 7.61. The highest BCUT2D eigenvalue weighted by molar-refractivity contribution is 7.10. The first-order valence-electron chi connectivity index (χ1n) is 6.41. The van der Waals surface area contributed by atoms with Gasteiger partial charge in [-0.15, -0.1) is 22.7 Å². The number of nitrogens with two attached hydrogens (primary N) is 1. The van der Waals surface area contributed by atoms with Gasteiger partial charge in [0.15, 0.2) is 0 Å². The van der Waals surface area contributed by atoms with Crippen molar-refractivity contribution in [3.8, 4) is 0 Å². The molecule has 1 atom stereocenters. The smallest absolute Gasteiger partial charge is 0.249 e. The molecular formula is C14H16N2OS2. The highest BCUT2D eigenvalue weighted by atomic mass is 32.1. The van der Waals surface area contributed by atoms with Gasteiger partial charge in [0.2, 0.25) is 5.91 Å². The van der Waals surface area contributed by atoms with E-state index in [-0.39, 0.29) is 5.91 Å². The van der Waals surface area contributed by atoms with Gasteiger partial charge in [-0.1, -0.05) is 0 Å². The quantitative estimate of drug-likeness (QED) is 0.910. The Morgan fingerprint density at radius 2 is 2.37 bits per heavy atom. The normalized spacial score (nSPS) is 18.2. The molecule has 0 fully saturated rings. The number of amides is 1. The Labute approximate surface area is 120 Å². The summed E-state index contributed by atoms with van der Waals surface area (Å²) in [6.07, 6.45) is 3.66. The molecule has 0 saturated heterocycles. The predicted molar refractivity (Wildman–Crippen MR) is 79.7 cm³/mol. The summed E-state index contributed by atoms with van der Waals surface area (Å²) in [5.41, 5.74) is 7.34. The van der Waals surface area contributed by atoms with Crippen LogP contribution in [-0.2, 0) is 13.0 Å². The van der Waals surface area contributed by atoms with E-state index in [1.807, 2.05) is 22.8 Å². The van der Waals surface area contributed by atoms with Gasteiger partial charge in [-0.2, -0.15) is 0 Å². The molecule has 3 N–H and O–H groups in total. The van der Waals surface area contributed by atoms with Crippen LogP contribution in [0.2, 0.25) is 0 Å². The molecule has 19 heavy (non-hydrogen) atoms. The minimum absolute atomic E-state index is 0.347. The maximum absolute atomic E-state index is 11.1. The van der Waals surface area contributed by atoms with E-state index < -0.39 is 0 Å². The van der Waals surface area contributed by atoms with Crippen LogP contribution in [-0.4, -0.2) is 5.91 Å². The van der Waals surface area contributed by atoms with Crippen molar-refractivity contribution < 1.29 is 4.79 Å². The zero-order valence-corrected chi connectivity index (χ0v) is 12.2. The summed E-state index contributed by atoms with van der Waals surface area (Å²) in [5.74, 6) is -0.347. The van der Waals surface area contributed by atoms with Crippen molar-refractivity contribution in [1.29, 1.82) is 0 Å².